The largest absolute Gasteiger partial charge is 0.481 e. The molecule has 4 rings (SSSR count). The van der Waals surface area contributed by atoms with Crippen LogP contribution in [0.1, 0.15) is 49.3 Å². The number of thiol groups is 1. The van der Waals surface area contributed by atoms with E-state index in [1.54, 1.807) is 29.1 Å². The van der Waals surface area contributed by atoms with Crippen molar-refractivity contribution in [2.75, 3.05) is 6.54 Å². The van der Waals surface area contributed by atoms with Gasteiger partial charge in [-0.25, -0.2) is 9.07 Å². The zero-order valence-electron chi connectivity index (χ0n) is 17.7. The molecule has 1 aliphatic heterocycles. The summed E-state index contributed by atoms with van der Waals surface area (Å²) in [6, 6.07) is 6.09. The second-order valence-electron chi connectivity index (χ2n) is 8.44. The number of rotatable bonds is 9. The average Bonchev–Trinajstić information content (AvgIpc) is 3.52. The quantitative estimate of drug-likeness (QED) is 0.500. The molecule has 0 amide bonds. The summed E-state index contributed by atoms with van der Waals surface area (Å²) in [4.78, 5) is 24.2. The molecule has 7 nitrogen and oxygen atoms in total. The van der Waals surface area contributed by atoms with Crippen LogP contribution in [0.15, 0.2) is 36.0 Å². The van der Waals surface area contributed by atoms with Gasteiger partial charge in [0.1, 0.15) is 11.6 Å². The molecule has 0 spiro atoms. The number of hydrogen-bond acceptors (Lipinski definition) is 6. The molecule has 9 heteroatoms. The number of piperidine rings is 1. The minimum Gasteiger partial charge on any atom is -0.481 e. The smallest absolute Gasteiger partial charge is 0.303 e. The lowest BCUT2D eigenvalue weighted by Gasteiger charge is -2.36. The number of aromatic nitrogens is 3. The van der Waals surface area contributed by atoms with E-state index in [1.807, 2.05) is 6.08 Å². The van der Waals surface area contributed by atoms with Crippen molar-refractivity contribution in [3.05, 3.63) is 53.1 Å². The Morgan fingerprint density at radius 3 is 2.81 bits per heavy atom. The Bertz CT molecular complexity index is 1020. The number of carbonyl (C=O) groups is 2. The van der Waals surface area contributed by atoms with Gasteiger partial charge >= 0.3 is 5.97 Å². The van der Waals surface area contributed by atoms with Crippen LogP contribution >= 0.6 is 12.6 Å². The SMILES string of the molecule is O=C(O)CCCn1nncc1/C=C1\C(S)CCNC1C(C(=O)C1CC1)c1ccccc1F. The first-order valence-electron chi connectivity index (χ1n) is 11.0. The lowest BCUT2D eigenvalue weighted by molar-refractivity contribution is -0.137. The first-order valence-corrected chi connectivity index (χ1v) is 11.5. The van der Waals surface area contributed by atoms with E-state index in [4.69, 9.17) is 17.7 Å². The molecule has 1 saturated heterocycles. The van der Waals surface area contributed by atoms with Crippen LogP contribution in [-0.4, -0.2) is 49.7 Å². The van der Waals surface area contributed by atoms with Gasteiger partial charge in [-0.2, -0.15) is 12.6 Å². The van der Waals surface area contributed by atoms with E-state index in [-0.39, 0.29) is 29.2 Å². The third kappa shape index (κ3) is 5.10. The maximum absolute atomic E-state index is 14.8. The third-order valence-electron chi connectivity index (χ3n) is 6.11. The average molecular weight is 459 g/mol. The third-order valence-corrected chi connectivity index (χ3v) is 6.66. The Hall–Kier alpha value is -2.52. The maximum Gasteiger partial charge on any atom is 0.303 e. The Morgan fingerprint density at radius 2 is 2.09 bits per heavy atom. The van der Waals surface area contributed by atoms with Gasteiger partial charge in [-0.1, -0.05) is 23.4 Å². The van der Waals surface area contributed by atoms with Crippen LogP contribution in [0.2, 0.25) is 0 Å². The number of Topliss-reactive ketones (excluding diaryl/α,β-unsaturated/α-hetero) is 1. The van der Waals surface area contributed by atoms with Crippen molar-refractivity contribution >= 4 is 30.5 Å². The first kappa shape index (κ1) is 22.7. The van der Waals surface area contributed by atoms with Crippen LogP contribution in [0.5, 0.6) is 0 Å². The molecule has 2 heterocycles. The Morgan fingerprint density at radius 1 is 1.31 bits per heavy atom. The van der Waals surface area contributed by atoms with Crippen molar-refractivity contribution in [3.63, 3.8) is 0 Å². The summed E-state index contributed by atoms with van der Waals surface area (Å²) < 4.78 is 16.5. The fourth-order valence-electron chi connectivity index (χ4n) is 4.31. The number of carbonyl (C=O) groups excluding carboxylic acids is 1. The van der Waals surface area contributed by atoms with Gasteiger partial charge in [-0.05, 0) is 49.9 Å². The normalized spacial score (nSPS) is 23.2. The number of carboxylic acid groups (broad SMARTS) is 1. The number of hydrogen-bond donors (Lipinski definition) is 3. The van der Waals surface area contributed by atoms with Crippen LogP contribution in [-0.2, 0) is 16.1 Å². The monoisotopic (exact) mass is 458 g/mol. The molecule has 32 heavy (non-hydrogen) atoms. The van der Waals surface area contributed by atoms with Gasteiger partial charge in [0, 0.05) is 35.7 Å². The van der Waals surface area contributed by atoms with Crippen molar-refractivity contribution in [2.24, 2.45) is 5.92 Å². The van der Waals surface area contributed by atoms with E-state index in [0.29, 0.717) is 30.8 Å². The molecule has 1 saturated carbocycles. The molecule has 2 aliphatic rings. The predicted molar refractivity (Wildman–Crippen MR) is 121 cm³/mol. The van der Waals surface area contributed by atoms with E-state index in [9.17, 15) is 14.0 Å². The van der Waals surface area contributed by atoms with Crippen LogP contribution in [0.25, 0.3) is 6.08 Å². The Kier molecular flexibility index (Phi) is 7.05. The number of ketones is 1. The van der Waals surface area contributed by atoms with Gasteiger partial charge in [0.15, 0.2) is 0 Å². The van der Waals surface area contributed by atoms with E-state index < -0.39 is 17.9 Å². The molecule has 2 fully saturated rings. The molecule has 2 aromatic rings. The van der Waals surface area contributed by atoms with Crippen molar-refractivity contribution in [3.8, 4) is 0 Å². The van der Waals surface area contributed by atoms with Crippen molar-refractivity contribution < 1.29 is 19.1 Å². The van der Waals surface area contributed by atoms with Crippen molar-refractivity contribution in [1.82, 2.24) is 20.3 Å². The molecule has 3 atom stereocenters. The van der Waals surface area contributed by atoms with Gasteiger partial charge in [0.25, 0.3) is 0 Å². The van der Waals surface area contributed by atoms with Gasteiger partial charge < -0.3 is 10.4 Å². The number of aliphatic carboxylic acids is 1. The van der Waals surface area contributed by atoms with E-state index >= 15 is 0 Å². The highest BCUT2D eigenvalue weighted by molar-refractivity contribution is 7.81. The van der Waals surface area contributed by atoms with Gasteiger partial charge in [0.05, 0.1) is 17.8 Å². The Labute approximate surface area is 191 Å². The zero-order valence-corrected chi connectivity index (χ0v) is 18.5. The number of benzene rings is 1. The highest BCUT2D eigenvalue weighted by atomic mass is 32.1. The summed E-state index contributed by atoms with van der Waals surface area (Å²) in [7, 11) is 0. The van der Waals surface area contributed by atoms with Crippen LogP contribution < -0.4 is 5.32 Å². The van der Waals surface area contributed by atoms with Crippen molar-refractivity contribution in [2.45, 2.75) is 55.9 Å². The zero-order chi connectivity index (χ0) is 22.7. The lowest BCUT2D eigenvalue weighted by atomic mass is 9.78. The number of aryl methyl sites for hydroxylation is 1. The number of nitrogens with one attached hydrogen (secondary N) is 1. The summed E-state index contributed by atoms with van der Waals surface area (Å²) in [5.74, 6) is -1.83. The number of carboxylic acids is 1. The summed E-state index contributed by atoms with van der Waals surface area (Å²) in [5, 5.41) is 20.3. The summed E-state index contributed by atoms with van der Waals surface area (Å²) in [6.07, 6.45) is 6.47. The highest BCUT2D eigenvalue weighted by Crippen LogP contribution is 2.41. The van der Waals surface area contributed by atoms with Gasteiger partial charge in [-0.3, -0.25) is 9.59 Å². The van der Waals surface area contributed by atoms with E-state index in [0.717, 1.165) is 24.8 Å². The fraction of sp³-hybridized carbons (Fsp3) is 0.478. The number of nitrogens with zero attached hydrogens (tertiary/aromatic N) is 3. The summed E-state index contributed by atoms with van der Waals surface area (Å²) >= 11 is 4.79. The molecule has 0 bridgehead atoms. The second-order valence-corrected chi connectivity index (χ2v) is 9.06. The molecule has 2 N–H and O–H groups in total. The standard InChI is InChI=1S/C23H27FN4O3S/c24-18-5-2-1-4-16(18)21(23(31)14-7-8-14)22-17(19(32)9-10-25-22)12-15-13-26-27-28(15)11-3-6-20(29)30/h1-2,4-5,12-14,19,21-22,25,32H,3,6-11H2,(H,29,30)/b17-12+. The second kappa shape index (κ2) is 9.95. The summed E-state index contributed by atoms with van der Waals surface area (Å²) in [5.41, 5.74) is 2.01. The first-order chi connectivity index (χ1) is 15.5. The van der Waals surface area contributed by atoms with Crippen LogP contribution in [0.4, 0.5) is 4.39 Å². The molecule has 3 unspecified atom stereocenters. The maximum atomic E-state index is 14.8. The molecule has 0 radical (unpaired) electrons. The topological polar surface area (TPSA) is 97.1 Å². The van der Waals surface area contributed by atoms with E-state index in [1.165, 1.54) is 6.07 Å². The van der Waals surface area contributed by atoms with E-state index in [2.05, 4.69) is 15.6 Å². The van der Waals surface area contributed by atoms with Crippen LogP contribution in [0, 0.1) is 11.7 Å². The molecule has 1 aromatic heterocycles. The number of halogens is 1. The molecule has 1 aromatic carbocycles. The fourth-order valence-corrected chi connectivity index (χ4v) is 4.68. The minimum atomic E-state index is -0.858. The van der Waals surface area contributed by atoms with Gasteiger partial charge in [0.2, 0.25) is 0 Å². The van der Waals surface area contributed by atoms with Crippen molar-refractivity contribution in [1.29, 1.82) is 0 Å². The van der Waals surface area contributed by atoms with Gasteiger partial charge in [-0.15, -0.1) is 5.10 Å². The molecule has 170 valence electrons. The predicted octanol–water partition coefficient (Wildman–Crippen LogP) is 3.09. The highest BCUT2D eigenvalue weighted by Gasteiger charge is 2.43. The molecule has 1 aliphatic carbocycles. The molecular weight excluding hydrogens is 431 g/mol. The molecular formula is C23H27FN4O3S. The lowest BCUT2D eigenvalue weighted by Crippen LogP contribution is -2.47. The van der Waals surface area contributed by atoms with Crippen LogP contribution in [0.3, 0.4) is 0 Å². The minimum absolute atomic E-state index is 0.0221. The Balaban J connectivity index is 1.69. The summed E-state index contributed by atoms with van der Waals surface area (Å²) in [6.45, 7) is 1.09.